The number of aromatic nitrogens is 1. The quantitative estimate of drug-likeness (QED) is 0.863. The van der Waals surface area contributed by atoms with Crippen LogP contribution in [0.2, 0.25) is 5.02 Å². The fourth-order valence-electron chi connectivity index (χ4n) is 1.81. The normalized spacial score (nSPS) is 21.7. The Bertz CT molecular complexity index is 588. The van der Waals surface area contributed by atoms with E-state index in [1.165, 1.54) is 12.3 Å². The predicted molar refractivity (Wildman–Crippen MR) is 66.9 cm³/mol. The van der Waals surface area contributed by atoms with Crippen molar-refractivity contribution in [3.8, 4) is 0 Å². The van der Waals surface area contributed by atoms with E-state index in [9.17, 15) is 13.2 Å². The summed E-state index contributed by atoms with van der Waals surface area (Å²) in [4.78, 5) is 14.8. The molecule has 8 heteroatoms. The van der Waals surface area contributed by atoms with Crippen LogP contribution in [0.25, 0.3) is 0 Å². The molecule has 0 aromatic carbocycles. The highest BCUT2D eigenvalue weighted by atomic mass is 35.5. The highest BCUT2D eigenvalue weighted by molar-refractivity contribution is 7.91. The summed E-state index contributed by atoms with van der Waals surface area (Å²) in [6.45, 7) is 0. The molecule has 1 aliphatic heterocycles. The van der Waals surface area contributed by atoms with E-state index in [1.807, 2.05) is 0 Å². The van der Waals surface area contributed by atoms with Gasteiger partial charge in [0.25, 0.3) is 0 Å². The van der Waals surface area contributed by atoms with Gasteiger partial charge in [-0.1, -0.05) is 11.6 Å². The summed E-state index contributed by atoms with van der Waals surface area (Å²) in [5, 5.41) is 11.8. The number of sulfone groups is 1. The number of halogens is 1. The van der Waals surface area contributed by atoms with Gasteiger partial charge in [0.1, 0.15) is 5.82 Å². The average molecular weight is 291 g/mol. The summed E-state index contributed by atoms with van der Waals surface area (Å²) in [6.07, 6.45) is 1.79. The van der Waals surface area contributed by atoms with E-state index < -0.39 is 15.8 Å². The van der Waals surface area contributed by atoms with Crippen LogP contribution in [0.5, 0.6) is 0 Å². The first-order valence-corrected chi connectivity index (χ1v) is 7.44. The molecule has 6 nitrogen and oxygen atoms in total. The molecule has 2 N–H and O–H groups in total. The van der Waals surface area contributed by atoms with Crippen molar-refractivity contribution in [3.63, 3.8) is 0 Å². The molecule has 0 bridgehead atoms. The molecule has 18 heavy (non-hydrogen) atoms. The molecule has 0 saturated carbocycles. The Balaban J connectivity index is 2.20. The van der Waals surface area contributed by atoms with Gasteiger partial charge >= 0.3 is 5.97 Å². The highest BCUT2D eigenvalue weighted by Crippen LogP contribution is 2.26. The Morgan fingerprint density at radius 2 is 2.28 bits per heavy atom. The van der Waals surface area contributed by atoms with Crippen LogP contribution in [0, 0.1) is 0 Å². The van der Waals surface area contributed by atoms with E-state index in [2.05, 4.69) is 10.3 Å². The molecule has 1 aromatic heterocycles. The fourth-order valence-corrected chi connectivity index (χ4v) is 3.73. The van der Waals surface area contributed by atoms with Gasteiger partial charge in [-0.05, 0) is 12.5 Å². The molecule has 1 unspecified atom stereocenters. The molecule has 2 rings (SSSR count). The number of hydrogen-bond donors (Lipinski definition) is 2. The van der Waals surface area contributed by atoms with Crippen molar-refractivity contribution in [2.45, 2.75) is 12.5 Å². The van der Waals surface area contributed by atoms with Crippen LogP contribution < -0.4 is 5.32 Å². The summed E-state index contributed by atoms with van der Waals surface area (Å²) >= 11 is 5.90. The maximum absolute atomic E-state index is 11.3. The van der Waals surface area contributed by atoms with Gasteiger partial charge in [-0.15, -0.1) is 0 Å². The lowest BCUT2D eigenvalue weighted by Gasteiger charge is -2.13. The number of carbonyl (C=O) groups is 1. The van der Waals surface area contributed by atoms with E-state index in [1.54, 1.807) is 0 Å². The van der Waals surface area contributed by atoms with Gasteiger partial charge in [0.2, 0.25) is 0 Å². The van der Waals surface area contributed by atoms with Crippen molar-refractivity contribution in [1.82, 2.24) is 4.98 Å². The predicted octanol–water partition coefficient (Wildman–Crippen LogP) is 1.03. The Morgan fingerprint density at radius 1 is 1.56 bits per heavy atom. The molecule has 0 spiro atoms. The topological polar surface area (TPSA) is 96.4 Å². The number of pyridine rings is 1. The second-order valence-corrected chi connectivity index (χ2v) is 6.68. The molecule has 1 aromatic rings. The van der Waals surface area contributed by atoms with Crippen molar-refractivity contribution in [1.29, 1.82) is 0 Å². The number of hydrogen-bond acceptors (Lipinski definition) is 5. The molecule has 0 aliphatic carbocycles. The summed E-state index contributed by atoms with van der Waals surface area (Å²) in [5.74, 6) is -0.799. The molecule has 0 radical (unpaired) electrons. The van der Waals surface area contributed by atoms with Crippen molar-refractivity contribution in [3.05, 3.63) is 22.8 Å². The Morgan fingerprint density at radius 3 is 2.83 bits per heavy atom. The first-order valence-electron chi connectivity index (χ1n) is 5.24. The molecule has 98 valence electrons. The second-order valence-electron chi connectivity index (χ2n) is 4.07. The van der Waals surface area contributed by atoms with Gasteiger partial charge in [0, 0.05) is 12.2 Å². The van der Waals surface area contributed by atoms with E-state index in [-0.39, 0.29) is 34.0 Å². The van der Waals surface area contributed by atoms with Crippen LogP contribution in [-0.4, -0.2) is 42.0 Å². The van der Waals surface area contributed by atoms with Crippen molar-refractivity contribution in [2.24, 2.45) is 0 Å². The molecule has 0 amide bonds. The van der Waals surface area contributed by atoms with Gasteiger partial charge in [-0.25, -0.2) is 18.2 Å². The molecule has 2 heterocycles. The number of carboxylic acid groups (broad SMARTS) is 1. The highest BCUT2D eigenvalue weighted by Gasteiger charge is 2.28. The minimum atomic E-state index is -3.00. The minimum Gasteiger partial charge on any atom is -0.478 e. The van der Waals surface area contributed by atoms with Crippen LogP contribution in [0.15, 0.2) is 12.3 Å². The zero-order valence-electron chi connectivity index (χ0n) is 9.26. The molecular formula is C10H11ClN2O4S. The number of rotatable bonds is 3. The van der Waals surface area contributed by atoms with Gasteiger partial charge in [-0.3, -0.25) is 0 Å². The maximum atomic E-state index is 11.3. The van der Waals surface area contributed by atoms with Gasteiger partial charge in [-0.2, -0.15) is 0 Å². The van der Waals surface area contributed by atoms with Crippen LogP contribution in [0.1, 0.15) is 16.8 Å². The Kier molecular flexibility index (Phi) is 3.45. The lowest BCUT2D eigenvalue weighted by molar-refractivity contribution is 0.0697. The van der Waals surface area contributed by atoms with E-state index in [0.29, 0.717) is 6.42 Å². The first-order chi connectivity index (χ1) is 8.39. The SMILES string of the molecule is O=C(O)c1ccnc(NC2CCS(=O)(=O)C2)c1Cl. The summed E-state index contributed by atoms with van der Waals surface area (Å²) in [7, 11) is -3.00. The Labute approximate surface area is 109 Å². The van der Waals surface area contributed by atoms with Crippen LogP contribution in [0.3, 0.4) is 0 Å². The first kappa shape index (κ1) is 13.1. The molecule has 1 saturated heterocycles. The number of nitrogens with one attached hydrogen (secondary N) is 1. The number of aromatic carboxylic acids is 1. The average Bonchev–Trinajstić information content (AvgIpc) is 2.61. The van der Waals surface area contributed by atoms with E-state index in [4.69, 9.17) is 16.7 Å². The monoisotopic (exact) mass is 290 g/mol. The largest absolute Gasteiger partial charge is 0.478 e. The minimum absolute atomic E-state index is 0.00528. The van der Waals surface area contributed by atoms with Crippen molar-refractivity contribution < 1.29 is 18.3 Å². The van der Waals surface area contributed by atoms with Crippen LogP contribution >= 0.6 is 11.6 Å². The second kappa shape index (κ2) is 4.74. The molecular weight excluding hydrogens is 280 g/mol. The zero-order chi connectivity index (χ0) is 13.3. The zero-order valence-corrected chi connectivity index (χ0v) is 10.8. The fraction of sp³-hybridized carbons (Fsp3) is 0.400. The summed E-state index contributed by atoms with van der Waals surface area (Å²) in [6, 6.07) is 1.02. The van der Waals surface area contributed by atoms with Crippen LogP contribution in [0.4, 0.5) is 5.82 Å². The standard InChI is InChI=1S/C10H11ClN2O4S/c11-8-7(10(14)15)1-3-12-9(8)13-6-2-4-18(16,17)5-6/h1,3,6H,2,4-5H2,(H,12,13)(H,14,15). The summed E-state index contributed by atoms with van der Waals surface area (Å²) < 4.78 is 22.6. The third-order valence-corrected chi connectivity index (χ3v) is 4.84. The number of carboxylic acids is 1. The smallest absolute Gasteiger partial charge is 0.337 e. The Hall–Kier alpha value is -1.34. The maximum Gasteiger partial charge on any atom is 0.337 e. The third-order valence-electron chi connectivity index (χ3n) is 2.69. The molecule has 1 fully saturated rings. The lowest BCUT2D eigenvalue weighted by atomic mass is 10.2. The summed E-state index contributed by atoms with van der Waals surface area (Å²) in [5.41, 5.74) is -0.0602. The van der Waals surface area contributed by atoms with Crippen molar-refractivity contribution >= 4 is 33.2 Å². The third kappa shape index (κ3) is 2.73. The van der Waals surface area contributed by atoms with Gasteiger partial charge < -0.3 is 10.4 Å². The van der Waals surface area contributed by atoms with Crippen molar-refractivity contribution in [2.75, 3.05) is 16.8 Å². The van der Waals surface area contributed by atoms with Gasteiger partial charge in [0.15, 0.2) is 9.84 Å². The number of nitrogens with zero attached hydrogens (tertiary/aromatic N) is 1. The van der Waals surface area contributed by atoms with E-state index in [0.717, 1.165) is 0 Å². The van der Waals surface area contributed by atoms with Gasteiger partial charge in [0.05, 0.1) is 22.1 Å². The number of anilines is 1. The molecule has 1 atom stereocenters. The lowest BCUT2D eigenvalue weighted by Crippen LogP contribution is -2.21. The molecule has 1 aliphatic rings. The van der Waals surface area contributed by atoms with Crippen LogP contribution in [-0.2, 0) is 9.84 Å². The van der Waals surface area contributed by atoms with E-state index >= 15 is 0 Å².